The van der Waals surface area contributed by atoms with Gasteiger partial charge in [-0.2, -0.15) is 0 Å². The summed E-state index contributed by atoms with van der Waals surface area (Å²) in [5.74, 6) is -0.279. The van der Waals surface area contributed by atoms with Crippen molar-refractivity contribution in [1.82, 2.24) is 10.2 Å². The summed E-state index contributed by atoms with van der Waals surface area (Å²) in [4.78, 5) is 27.9. The molecule has 0 aliphatic heterocycles. The highest BCUT2D eigenvalue weighted by Crippen LogP contribution is 2.25. The number of nitrogens with one attached hydrogen (secondary N) is 1. The molecule has 0 aromatic heterocycles. The van der Waals surface area contributed by atoms with Gasteiger partial charge in [0.2, 0.25) is 21.8 Å². The number of hydrogen-bond donors (Lipinski definition) is 1. The van der Waals surface area contributed by atoms with Crippen molar-refractivity contribution in [3.8, 4) is 5.75 Å². The summed E-state index contributed by atoms with van der Waals surface area (Å²) < 4.78 is 31.5. The lowest BCUT2D eigenvalue weighted by molar-refractivity contribution is -0.140. The summed E-state index contributed by atoms with van der Waals surface area (Å²) in [6.45, 7) is 8.55. The van der Waals surface area contributed by atoms with E-state index in [2.05, 4.69) is 5.32 Å². The number of nitrogens with zero attached hydrogens (tertiary/aromatic N) is 2. The predicted molar refractivity (Wildman–Crippen MR) is 139 cm³/mol. The maximum Gasteiger partial charge on any atom is 0.244 e. The van der Waals surface area contributed by atoms with Crippen LogP contribution < -0.4 is 14.4 Å². The Labute approximate surface area is 213 Å². The fourth-order valence-electron chi connectivity index (χ4n) is 3.37. The number of aryl methyl sites for hydroxylation is 1. The zero-order valence-corrected chi connectivity index (χ0v) is 22.8. The van der Waals surface area contributed by atoms with Gasteiger partial charge in [-0.25, -0.2) is 8.42 Å². The van der Waals surface area contributed by atoms with Gasteiger partial charge in [-0.1, -0.05) is 29.8 Å². The number of carbonyl (C=O) groups excluding carboxylic acids is 2. The minimum absolute atomic E-state index is 0.0843. The summed E-state index contributed by atoms with van der Waals surface area (Å²) in [5.41, 5.74) is 1.28. The third-order valence-electron chi connectivity index (χ3n) is 5.28. The molecule has 2 amide bonds. The van der Waals surface area contributed by atoms with Gasteiger partial charge < -0.3 is 15.0 Å². The van der Waals surface area contributed by atoms with Gasteiger partial charge in [0.05, 0.1) is 19.1 Å². The van der Waals surface area contributed by atoms with Crippen LogP contribution in [0.1, 0.15) is 38.8 Å². The van der Waals surface area contributed by atoms with Gasteiger partial charge in [0, 0.05) is 17.1 Å². The van der Waals surface area contributed by atoms with Crippen LogP contribution in [0.4, 0.5) is 5.69 Å². The first-order valence-corrected chi connectivity index (χ1v) is 13.3. The Kier molecular flexibility index (Phi) is 9.19. The van der Waals surface area contributed by atoms with Gasteiger partial charge in [0.1, 0.15) is 18.3 Å². The molecular weight excluding hydrogens is 490 g/mol. The molecule has 2 rings (SSSR count). The standard InChI is InChI=1S/C25H34ClN3O5S/c1-17-11-12-20(14-22(17)26)29(35(7,32)33)16-23(30)28(18(2)24(31)27-25(3,4)5)15-19-9-8-10-21(13-19)34-6/h8-14,18H,15-16H2,1-7H3,(H,27,31)/t18-/m1/s1. The lowest BCUT2D eigenvalue weighted by atomic mass is 10.1. The molecule has 0 heterocycles. The zero-order chi connectivity index (χ0) is 26.6. The highest BCUT2D eigenvalue weighted by atomic mass is 35.5. The number of rotatable bonds is 9. The van der Waals surface area contributed by atoms with E-state index in [1.165, 1.54) is 18.1 Å². The second kappa shape index (κ2) is 11.3. The Balaban J connectivity index is 2.44. The third kappa shape index (κ3) is 8.14. The largest absolute Gasteiger partial charge is 0.497 e. The molecule has 0 saturated carbocycles. The molecule has 10 heteroatoms. The highest BCUT2D eigenvalue weighted by molar-refractivity contribution is 7.92. The van der Waals surface area contributed by atoms with E-state index in [1.54, 1.807) is 44.2 Å². The average molecular weight is 524 g/mol. The van der Waals surface area contributed by atoms with Gasteiger partial charge in [-0.05, 0) is 70.0 Å². The Morgan fingerprint density at radius 1 is 1.14 bits per heavy atom. The van der Waals surface area contributed by atoms with Crippen LogP contribution in [-0.4, -0.2) is 56.6 Å². The fourth-order valence-corrected chi connectivity index (χ4v) is 4.39. The average Bonchev–Trinajstić information content (AvgIpc) is 2.75. The van der Waals surface area contributed by atoms with Crippen molar-refractivity contribution < 1.29 is 22.7 Å². The van der Waals surface area contributed by atoms with Crippen molar-refractivity contribution in [2.24, 2.45) is 0 Å². The molecule has 0 aliphatic rings. The van der Waals surface area contributed by atoms with Gasteiger partial charge in [0.15, 0.2) is 0 Å². The van der Waals surface area contributed by atoms with Gasteiger partial charge >= 0.3 is 0 Å². The Bertz CT molecular complexity index is 1180. The number of ether oxygens (including phenoxy) is 1. The topological polar surface area (TPSA) is 96.0 Å². The normalized spacial score (nSPS) is 12.6. The highest BCUT2D eigenvalue weighted by Gasteiger charge is 2.31. The van der Waals surface area contributed by atoms with Gasteiger partial charge in [-0.3, -0.25) is 13.9 Å². The second-order valence-electron chi connectivity index (χ2n) is 9.49. The van der Waals surface area contributed by atoms with E-state index in [-0.39, 0.29) is 18.1 Å². The Morgan fingerprint density at radius 2 is 1.80 bits per heavy atom. The minimum Gasteiger partial charge on any atom is -0.497 e. The number of methoxy groups -OCH3 is 1. The van der Waals surface area contributed by atoms with Crippen LogP contribution in [0.25, 0.3) is 0 Å². The summed E-state index contributed by atoms with van der Waals surface area (Å²) in [6, 6.07) is 11.1. The van der Waals surface area contributed by atoms with Crippen molar-refractivity contribution in [3.05, 3.63) is 58.6 Å². The van der Waals surface area contributed by atoms with Gasteiger partial charge in [-0.15, -0.1) is 0 Å². The fraction of sp³-hybridized carbons (Fsp3) is 0.440. The third-order valence-corrected chi connectivity index (χ3v) is 6.82. The van der Waals surface area contributed by atoms with Crippen molar-refractivity contribution in [2.75, 3.05) is 24.2 Å². The van der Waals surface area contributed by atoms with Crippen LogP contribution in [-0.2, 0) is 26.2 Å². The first-order chi connectivity index (χ1) is 16.1. The van der Waals surface area contributed by atoms with Crippen molar-refractivity contribution >= 4 is 39.1 Å². The minimum atomic E-state index is -3.83. The van der Waals surface area contributed by atoms with Crippen LogP contribution in [0.15, 0.2) is 42.5 Å². The lowest BCUT2D eigenvalue weighted by Crippen LogP contribution is -2.54. The summed E-state index contributed by atoms with van der Waals surface area (Å²) in [5, 5.41) is 3.27. The smallest absolute Gasteiger partial charge is 0.244 e. The molecule has 8 nitrogen and oxygen atoms in total. The van der Waals surface area contributed by atoms with Crippen LogP contribution in [0.2, 0.25) is 5.02 Å². The van der Waals surface area contributed by atoms with E-state index in [9.17, 15) is 18.0 Å². The summed E-state index contributed by atoms with van der Waals surface area (Å²) >= 11 is 6.21. The number of sulfonamides is 1. The molecule has 0 fully saturated rings. The van der Waals surface area contributed by atoms with Crippen LogP contribution in [0.3, 0.4) is 0 Å². The van der Waals surface area contributed by atoms with Crippen LogP contribution in [0, 0.1) is 6.92 Å². The molecule has 2 aromatic carbocycles. The van der Waals surface area contributed by atoms with Gasteiger partial charge in [0.25, 0.3) is 0 Å². The van der Waals surface area contributed by atoms with Crippen molar-refractivity contribution in [3.63, 3.8) is 0 Å². The molecule has 0 unspecified atom stereocenters. The first-order valence-electron chi connectivity index (χ1n) is 11.1. The summed E-state index contributed by atoms with van der Waals surface area (Å²) in [7, 11) is -2.29. The van der Waals surface area contributed by atoms with E-state index in [1.807, 2.05) is 26.8 Å². The number of anilines is 1. The van der Waals surface area contributed by atoms with E-state index in [0.29, 0.717) is 10.8 Å². The SMILES string of the molecule is COc1cccc(CN(C(=O)CN(c2ccc(C)c(Cl)c2)S(C)(=O)=O)[C@H](C)C(=O)NC(C)(C)C)c1. The zero-order valence-electron chi connectivity index (χ0n) is 21.3. The van der Waals surface area contributed by atoms with Crippen molar-refractivity contribution in [2.45, 2.75) is 52.7 Å². The molecule has 2 aromatic rings. The Morgan fingerprint density at radius 3 is 2.34 bits per heavy atom. The molecule has 192 valence electrons. The Hall–Kier alpha value is -2.78. The number of amides is 2. The van der Waals surface area contributed by atoms with E-state index < -0.39 is 34.1 Å². The molecule has 0 aliphatic carbocycles. The molecule has 0 radical (unpaired) electrons. The maximum atomic E-state index is 13.6. The van der Waals surface area contributed by atoms with Crippen LogP contribution in [0.5, 0.6) is 5.75 Å². The quantitative estimate of drug-likeness (QED) is 0.540. The monoisotopic (exact) mass is 523 g/mol. The molecular formula is C25H34ClN3O5S. The predicted octanol–water partition coefficient (Wildman–Crippen LogP) is 3.76. The molecule has 0 spiro atoms. The van der Waals surface area contributed by atoms with Crippen molar-refractivity contribution in [1.29, 1.82) is 0 Å². The lowest BCUT2D eigenvalue weighted by Gasteiger charge is -2.33. The van der Waals surface area contributed by atoms with E-state index in [0.717, 1.165) is 21.7 Å². The molecule has 1 N–H and O–H groups in total. The summed E-state index contributed by atoms with van der Waals surface area (Å²) in [6.07, 6.45) is 1.02. The molecule has 0 bridgehead atoms. The number of carbonyl (C=O) groups is 2. The number of halogens is 1. The van der Waals surface area contributed by atoms with E-state index in [4.69, 9.17) is 16.3 Å². The first kappa shape index (κ1) is 28.5. The second-order valence-corrected chi connectivity index (χ2v) is 11.8. The maximum absolute atomic E-state index is 13.6. The van der Waals surface area contributed by atoms with Crippen LogP contribution >= 0.6 is 11.6 Å². The van der Waals surface area contributed by atoms with E-state index >= 15 is 0 Å². The number of hydrogen-bond acceptors (Lipinski definition) is 5. The molecule has 1 atom stereocenters. The molecule has 0 saturated heterocycles. The molecule has 35 heavy (non-hydrogen) atoms. The number of benzene rings is 2.